The molecule has 2 aliphatic heterocycles. The van der Waals surface area contributed by atoms with Gasteiger partial charge < -0.3 is 15.0 Å². The van der Waals surface area contributed by atoms with Gasteiger partial charge in [-0.25, -0.2) is 0 Å². The molecule has 2 saturated heterocycles. The zero-order chi connectivity index (χ0) is 14.2. The summed E-state index contributed by atoms with van der Waals surface area (Å²) in [5.41, 5.74) is 0.567. The second kappa shape index (κ2) is 5.18. The number of carbonyl (C=O) groups excluding carboxylic acids is 1. The van der Waals surface area contributed by atoms with Crippen molar-refractivity contribution >= 4 is 5.91 Å². The molecule has 110 valence electrons. The monoisotopic (exact) mass is 278 g/mol. The number of carbonyl (C=O) groups is 1. The molecule has 6 nitrogen and oxygen atoms in total. The Kier molecular flexibility index (Phi) is 3.52. The van der Waals surface area contributed by atoms with Crippen LogP contribution in [0.3, 0.4) is 0 Å². The van der Waals surface area contributed by atoms with Gasteiger partial charge in [-0.1, -0.05) is 0 Å². The molecule has 0 aliphatic carbocycles. The van der Waals surface area contributed by atoms with Crippen LogP contribution in [0, 0.1) is 0 Å². The Hall–Kier alpha value is -1.40. The summed E-state index contributed by atoms with van der Waals surface area (Å²) in [6, 6.07) is -0.00810. The lowest BCUT2D eigenvalue weighted by atomic mass is 9.96. The van der Waals surface area contributed by atoms with Gasteiger partial charge in [0.25, 0.3) is 0 Å². The molecule has 6 heteroatoms. The lowest BCUT2D eigenvalue weighted by molar-refractivity contribution is -0.151. The number of amides is 1. The standard InChI is InChI=1S/C14H22N4O2/c1-14(11-8-16-17(2)9-11)10-18(6-7-20-14)13(19)12-4-3-5-15-12/h8-9,12,15H,3-7,10H2,1-2H3/t12-,14+/m0/s1. The number of nitrogens with one attached hydrogen (secondary N) is 1. The van der Waals surface area contributed by atoms with Crippen LogP contribution in [0.4, 0.5) is 0 Å². The molecule has 1 amide bonds. The van der Waals surface area contributed by atoms with Crippen molar-refractivity contribution < 1.29 is 9.53 Å². The van der Waals surface area contributed by atoms with Crippen molar-refractivity contribution in [2.45, 2.75) is 31.4 Å². The summed E-state index contributed by atoms with van der Waals surface area (Å²) in [5, 5.41) is 7.48. The summed E-state index contributed by atoms with van der Waals surface area (Å²) in [5.74, 6) is 0.209. The zero-order valence-electron chi connectivity index (χ0n) is 12.1. The van der Waals surface area contributed by atoms with Crippen LogP contribution in [-0.4, -0.2) is 52.9 Å². The van der Waals surface area contributed by atoms with E-state index in [-0.39, 0.29) is 11.9 Å². The fourth-order valence-electron chi connectivity index (χ4n) is 3.04. The van der Waals surface area contributed by atoms with Gasteiger partial charge in [0.15, 0.2) is 0 Å². The first-order valence-corrected chi connectivity index (χ1v) is 7.24. The van der Waals surface area contributed by atoms with E-state index in [9.17, 15) is 4.79 Å². The number of morpholine rings is 1. The summed E-state index contributed by atoms with van der Waals surface area (Å²) in [6.45, 7) is 4.82. The van der Waals surface area contributed by atoms with Crippen LogP contribution in [0.1, 0.15) is 25.3 Å². The van der Waals surface area contributed by atoms with Gasteiger partial charge in [0.05, 0.1) is 25.4 Å². The molecule has 0 aromatic carbocycles. The number of aromatic nitrogens is 2. The first-order chi connectivity index (χ1) is 9.58. The minimum atomic E-state index is -0.458. The summed E-state index contributed by atoms with van der Waals surface area (Å²) in [6.07, 6.45) is 5.81. The van der Waals surface area contributed by atoms with Crippen LogP contribution in [0.2, 0.25) is 0 Å². The van der Waals surface area contributed by atoms with Gasteiger partial charge in [0.1, 0.15) is 5.60 Å². The van der Waals surface area contributed by atoms with E-state index in [2.05, 4.69) is 10.4 Å². The zero-order valence-corrected chi connectivity index (χ0v) is 12.1. The molecule has 20 heavy (non-hydrogen) atoms. The Bertz CT molecular complexity index is 495. The SMILES string of the molecule is Cn1cc([C@@]2(C)CN(C(=O)[C@@H]3CCCN3)CCO2)cn1. The third-order valence-electron chi connectivity index (χ3n) is 4.26. The molecule has 0 radical (unpaired) electrons. The van der Waals surface area contributed by atoms with Crippen molar-refractivity contribution in [3.63, 3.8) is 0 Å². The van der Waals surface area contributed by atoms with Crippen LogP contribution in [0.25, 0.3) is 0 Å². The molecule has 0 spiro atoms. The van der Waals surface area contributed by atoms with Crippen molar-refractivity contribution in [1.82, 2.24) is 20.0 Å². The molecule has 2 atom stereocenters. The summed E-state index contributed by atoms with van der Waals surface area (Å²) in [4.78, 5) is 14.4. The number of rotatable bonds is 2. The smallest absolute Gasteiger partial charge is 0.239 e. The number of hydrogen-bond donors (Lipinski definition) is 1. The second-order valence-electron chi connectivity index (χ2n) is 5.89. The Morgan fingerprint density at radius 2 is 2.45 bits per heavy atom. The molecular weight excluding hydrogens is 256 g/mol. The highest BCUT2D eigenvalue weighted by atomic mass is 16.5. The molecule has 1 aromatic rings. The first kappa shape index (κ1) is 13.6. The van der Waals surface area contributed by atoms with Crippen molar-refractivity contribution in [3.05, 3.63) is 18.0 Å². The lowest BCUT2D eigenvalue weighted by Gasteiger charge is -2.40. The number of ether oxygens (including phenoxy) is 1. The molecule has 3 heterocycles. The van der Waals surface area contributed by atoms with E-state index in [1.54, 1.807) is 4.68 Å². The second-order valence-corrected chi connectivity index (χ2v) is 5.89. The van der Waals surface area contributed by atoms with E-state index in [0.717, 1.165) is 24.9 Å². The van der Waals surface area contributed by atoms with Gasteiger partial charge in [-0.3, -0.25) is 9.48 Å². The predicted octanol–water partition coefficient (Wildman–Crippen LogP) is 0.246. The van der Waals surface area contributed by atoms with Crippen molar-refractivity contribution in [2.24, 2.45) is 7.05 Å². The average Bonchev–Trinajstić information content (AvgIpc) is 3.09. The first-order valence-electron chi connectivity index (χ1n) is 7.24. The highest BCUT2D eigenvalue weighted by molar-refractivity contribution is 5.82. The third-order valence-corrected chi connectivity index (χ3v) is 4.26. The minimum Gasteiger partial charge on any atom is -0.367 e. The molecule has 1 N–H and O–H groups in total. The molecule has 0 unspecified atom stereocenters. The van der Waals surface area contributed by atoms with Crippen LogP contribution < -0.4 is 5.32 Å². The molecule has 2 fully saturated rings. The summed E-state index contributed by atoms with van der Waals surface area (Å²) >= 11 is 0. The van der Waals surface area contributed by atoms with E-state index in [4.69, 9.17) is 4.74 Å². The third kappa shape index (κ3) is 2.45. The fourth-order valence-corrected chi connectivity index (χ4v) is 3.04. The van der Waals surface area contributed by atoms with Crippen LogP contribution in [0.5, 0.6) is 0 Å². The normalized spacial score (nSPS) is 30.7. The largest absolute Gasteiger partial charge is 0.367 e. The minimum absolute atomic E-state index is 0.00810. The highest BCUT2D eigenvalue weighted by Gasteiger charge is 2.38. The number of hydrogen-bond acceptors (Lipinski definition) is 4. The Morgan fingerprint density at radius 1 is 1.60 bits per heavy atom. The molecule has 3 rings (SSSR count). The maximum Gasteiger partial charge on any atom is 0.239 e. The van der Waals surface area contributed by atoms with Gasteiger partial charge in [-0.2, -0.15) is 5.10 Å². The van der Waals surface area contributed by atoms with Crippen molar-refractivity contribution in [1.29, 1.82) is 0 Å². The van der Waals surface area contributed by atoms with Gasteiger partial charge in [-0.05, 0) is 26.3 Å². The Morgan fingerprint density at radius 3 is 3.10 bits per heavy atom. The van der Waals surface area contributed by atoms with Crippen LogP contribution >= 0.6 is 0 Å². The van der Waals surface area contributed by atoms with E-state index in [1.165, 1.54) is 0 Å². The topological polar surface area (TPSA) is 59.4 Å². The van der Waals surface area contributed by atoms with E-state index in [0.29, 0.717) is 19.7 Å². The number of aryl methyl sites for hydroxylation is 1. The lowest BCUT2D eigenvalue weighted by Crippen LogP contribution is -2.54. The molecule has 2 aliphatic rings. The predicted molar refractivity (Wildman–Crippen MR) is 74.1 cm³/mol. The van der Waals surface area contributed by atoms with E-state index >= 15 is 0 Å². The Labute approximate surface area is 119 Å². The van der Waals surface area contributed by atoms with E-state index in [1.807, 2.05) is 31.3 Å². The van der Waals surface area contributed by atoms with E-state index < -0.39 is 5.60 Å². The number of nitrogens with zero attached hydrogens (tertiary/aromatic N) is 3. The van der Waals surface area contributed by atoms with Gasteiger partial charge >= 0.3 is 0 Å². The molecule has 0 bridgehead atoms. The van der Waals surface area contributed by atoms with Crippen molar-refractivity contribution in [3.8, 4) is 0 Å². The maximum absolute atomic E-state index is 12.5. The Balaban J connectivity index is 1.74. The summed E-state index contributed by atoms with van der Waals surface area (Å²) < 4.78 is 7.71. The van der Waals surface area contributed by atoms with Gasteiger partial charge in [0.2, 0.25) is 5.91 Å². The van der Waals surface area contributed by atoms with Crippen LogP contribution in [0.15, 0.2) is 12.4 Å². The van der Waals surface area contributed by atoms with Gasteiger partial charge in [0, 0.05) is 25.4 Å². The highest BCUT2D eigenvalue weighted by Crippen LogP contribution is 2.29. The molecular formula is C14H22N4O2. The average molecular weight is 278 g/mol. The van der Waals surface area contributed by atoms with Crippen LogP contribution in [-0.2, 0) is 22.2 Å². The maximum atomic E-state index is 12.5. The molecule has 1 aromatic heterocycles. The summed E-state index contributed by atoms with van der Waals surface area (Å²) in [7, 11) is 1.89. The fraction of sp³-hybridized carbons (Fsp3) is 0.714. The quantitative estimate of drug-likeness (QED) is 0.842. The van der Waals surface area contributed by atoms with Crippen molar-refractivity contribution in [2.75, 3.05) is 26.2 Å². The molecule has 0 saturated carbocycles. The van der Waals surface area contributed by atoms with Gasteiger partial charge in [-0.15, -0.1) is 0 Å².